The number of amides is 1. The molecular formula is C21H27NO4. The minimum Gasteiger partial charge on any atom is -0.482 e. The van der Waals surface area contributed by atoms with E-state index < -0.39 is 0 Å². The summed E-state index contributed by atoms with van der Waals surface area (Å²) < 4.78 is 11.5. The third-order valence-corrected chi connectivity index (χ3v) is 7.32. The van der Waals surface area contributed by atoms with Crippen LogP contribution < -0.4 is 10.1 Å². The van der Waals surface area contributed by atoms with E-state index in [1.807, 2.05) is 12.1 Å². The van der Waals surface area contributed by atoms with Crippen molar-refractivity contribution in [2.75, 3.05) is 11.9 Å². The van der Waals surface area contributed by atoms with Crippen molar-refractivity contribution in [2.24, 2.45) is 16.7 Å². The molecule has 1 amide bonds. The van der Waals surface area contributed by atoms with E-state index in [0.29, 0.717) is 24.5 Å². The molecule has 4 rings (SSSR count). The summed E-state index contributed by atoms with van der Waals surface area (Å²) in [5.41, 5.74) is 2.16. The zero-order valence-electron chi connectivity index (χ0n) is 15.8. The number of esters is 1. The van der Waals surface area contributed by atoms with Crippen LogP contribution in [0.5, 0.6) is 5.75 Å². The van der Waals surface area contributed by atoms with Gasteiger partial charge in [0.2, 0.25) is 5.91 Å². The van der Waals surface area contributed by atoms with Gasteiger partial charge in [0.1, 0.15) is 11.9 Å². The van der Waals surface area contributed by atoms with E-state index in [1.165, 1.54) is 6.42 Å². The number of ether oxygens (including phenoxy) is 2. The Bertz CT molecular complexity index is 756. The summed E-state index contributed by atoms with van der Waals surface area (Å²) in [7, 11) is 0. The Morgan fingerprint density at radius 1 is 1.27 bits per heavy atom. The second kappa shape index (κ2) is 6.00. The van der Waals surface area contributed by atoms with Crippen LogP contribution in [0.3, 0.4) is 0 Å². The molecule has 2 saturated carbocycles. The second-order valence-electron chi connectivity index (χ2n) is 8.74. The lowest BCUT2D eigenvalue weighted by Gasteiger charge is -2.38. The monoisotopic (exact) mass is 357 g/mol. The van der Waals surface area contributed by atoms with Crippen LogP contribution in [0.25, 0.3) is 0 Å². The van der Waals surface area contributed by atoms with Crippen LogP contribution >= 0.6 is 0 Å². The topological polar surface area (TPSA) is 64.6 Å². The maximum atomic E-state index is 12.3. The Hall–Kier alpha value is -2.04. The molecular weight excluding hydrogens is 330 g/mol. The zero-order chi connectivity index (χ0) is 18.5. The van der Waals surface area contributed by atoms with Crippen molar-refractivity contribution in [3.8, 4) is 5.75 Å². The Morgan fingerprint density at radius 3 is 2.77 bits per heavy atom. The number of nitrogens with one attached hydrogen (secondary N) is 1. The molecule has 1 aromatic rings. The van der Waals surface area contributed by atoms with Crippen LogP contribution in [0, 0.1) is 16.7 Å². The normalized spacial score (nSPS) is 31.3. The summed E-state index contributed by atoms with van der Waals surface area (Å²) in [6.07, 6.45) is 4.49. The molecule has 3 unspecified atom stereocenters. The molecule has 140 valence electrons. The highest BCUT2D eigenvalue weighted by molar-refractivity contribution is 5.94. The number of hydrogen-bond acceptors (Lipinski definition) is 4. The van der Waals surface area contributed by atoms with Gasteiger partial charge in [0.15, 0.2) is 6.61 Å². The van der Waals surface area contributed by atoms with Gasteiger partial charge in [0.05, 0.1) is 0 Å². The summed E-state index contributed by atoms with van der Waals surface area (Å²) in [5, 5.41) is 2.84. The fraction of sp³-hybridized carbons (Fsp3) is 0.619. The van der Waals surface area contributed by atoms with E-state index in [9.17, 15) is 9.59 Å². The first-order chi connectivity index (χ1) is 12.3. The van der Waals surface area contributed by atoms with E-state index in [4.69, 9.17) is 9.47 Å². The van der Waals surface area contributed by atoms with Gasteiger partial charge in [-0.2, -0.15) is 0 Å². The molecule has 3 atom stereocenters. The molecule has 1 aromatic carbocycles. The van der Waals surface area contributed by atoms with Gasteiger partial charge in [0, 0.05) is 17.5 Å². The summed E-state index contributed by atoms with van der Waals surface area (Å²) in [6.45, 7) is 6.79. The third-order valence-electron chi connectivity index (χ3n) is 7.32. The smallest absolute Gasteiger partial charge is 0.344 e. The fourth-order valence-electron chi connectivity index (χ4n) is 5.09. The number of hydrogen-bond donors (Lipinski definition) is 1. The predicted molar refractivity (Wildman–Crippen MR) is 98.0 cm³/mol. The van der Waals surface area contributed by atoms with Crippen molar-refractivity contribution in [3.63, 3.8) is 0 Å². The van der Waals surface area contributed by atoms with Crippen LogP contribution in [0.4, 0.5) is 5.69 Å². The standard InChI is InChI=1S/C21H27NO4/c1-20(2)14-8-9-21(20,3)17(11-14)26-19(24)12-25-15-5-6-16-13(10-15)4-7-18(23)22-16/h5-6,10,14,17H,4,7-9,11-12H2,1-3H3,(H,22,23). The first kappa shape index (κ1) is 17.4. The first-order valence-electron chi connectivity index (χ1n) is 9.55. The number of fused-ring (bicyclic) bond motifs is 3. The van der Waals surface area contributed by atoms with Crippen molar-refractivity contribution in [2.45, 2.75) is 59.0 Å². The molecule has 2 bridgehead atoms. The van der Waals surface area contributed by atoms with Gasteiger partial charge in [0.25, 0.3) is 0 Å². The Labute approximate surface area is 154 Å². The van der Waals surface area contributed by atoms with E-state index >= 15 is 0 Å². The summed E-state index contributed by atoms with van der Waals surface area (Å²) >= 11 is 0. The van der Waals surface area contributed by atoms with Crippen molar-refractivity contribution in [1.82, 2.24) is 0 Å². The molecule has 0 spiro atoms. The maximum absolute atomic E-state index is 12.3. The molecule has 0 aromatic heterocycles. The van der Waals surface area contributed by atoms with Crippen LogP contribution in [0.15, 0.2) is 18.2 Å². The molecule has 2 fully saturated rings. The quantitative estimate of drug-likeness (QED) is 0.835. The van der Waals surface area contributed by atoms with Gasteiger partial charge in [-0.1, -0.05) is 20.8 Å². The Morgan fingerprint density at radius 2 is 2.08 bits per heavy atom. The van der Waals surface area contributed by atoms with E-state index in [1.54, 1.807) is 6.07 Å². The average Bonchev–Trinajstić information content (AvgIpc) is 2.93. The number of anilines is 1. The van der Waals surface area contributed by atoms with Gasteiger partial charge in [-0.25, -0.2) is 4.79 Å². The molecule has 2 aliphatic carbocycles. The number of carbonyl (C=O) groups excluding carboxylic acids is 2. The van der Waals surface area contributed by atoms with Crippen LogP contribution in [-0.2, 0) is 20.7 Å². The fourth-order valence-corrected chi connectivity index (χ4v) is 5.09. The lowest BCUT2D eigenvalue weighted by molar-refractivity contribution is -0.159. The third kappa shape index (κ3) is 2.68. The van der Waals surface area contributed by atoms with Gasteiger partial charge < -0.3 is 14.8 Å². The van der Waals surface area contributed by atoms with Crippen molar-refractivity contribution in [3.05, 3.63) is 23.8 Å². The van der Waals surface area contributed by atoms with E-state index in [0.717, 1.165) is 24.1 Å². The molecule has 0 saturated heterocycles. The molecule has 1 heterocycles. The van der Waals surface area contributed by atoms with Gasteiger partial charge in [-0.05, 0) is 60.8 Å². The number of benzene rings is 1. The zero-order valence-corrected chi connectivity index (χ0v) is 15.8. The average molecular weight is 357 g/mol. The van der Waals surface area contributed by atoms with Crippen LogP contribution in [0.2, 0.25) is 0 Å². The van der Waals surface area contributed by atoms with Crippen molar-refractivity contribution < 1.29 is 19.1 Å². The number of carbonyl (C=O) groups is 2. The Balaban J connectivity index is 1.35. The molecule has 0 radical (unpaired) electrons. The molecule has 1 aliphatic heterocycles. The summed E-state index contributed by atoms with van der Waals surface area (Å²) in [5.74, 6) is 1.01. The van der Waals surface area contributed by atoms with Gasteiger partial charge >= 0.3 is 5.97 Å². The minimum absolute atomic E-state index is 0.00825. The number of rotatable bonds is 4. The molecule has 1 N–H and O–H groups in total. The largest absolute Gasteiger partial charge is 0.482 e. The first-order valence-corrected chi connectivity index (χ1v) is 9.55. The highest BCUT2D eigenvalue weighted by Crippen LogP contribution is 2.66. The second-order valence-corrected chi connectivity index (χ2v) is 8.74. The molecule has 5 heteroatoms. The molecule has 5 nitrogen and oxygen atoms in total. The molecule has 26 heavy (non-hydrogen) atoms. The molecule has 3 aliphatic rings. The maximum Gasteiger partial charge on any atom is 0.344 e. The van der Waals surface area contributed by atoms with Crippen molar-refractivity contribution >= 4 is 17.6 Å². The highest BCUT2D eigenvalue weighted by atomic mass is 16.6. The van der Waals surface area contributed by atoms with E-state index in [-0.39, 0.29) is 35.4 Å². The number of aryl methyl sites for hydroxylation is 1. The van der Waals surface area contributed by atoms with Crippen LogP contribution in [0.1, 0.15) is 52.0 Å². The van der Waals surface area contributed by atoms with Crippen molar-refractivity contribution in [1.29, 1.82) is 0 Å². The van der Waals surface area contributed by atoms with E-state index in [2.05, 4.69) is 26.1 Å². The minimum atomic E-state index is -0.300. The lowest BCUT2D eigenvalue weighted by Crippen LogP contribution is -2.39. The SMILES string of the molecule is CC1(C)C2CCC1(C)C(OC(=O)COc1ccc3c(c1)CCC(=O)N3)C2. The summed E-state index contributed by atoms with van der Waals surface area (Å²) in [6, 6.07) is 5.50. The highest BCUT2D eigenvalue weighted by Gasteiger charge is 2.62. The lowest BCUT2D eigenvalue weighted by atomic mass is 9.70. The predicted octanol–water partition coefficient (Wildman–Crippen LogP) is 3.71. The van der Waals surface area contributed by atoms with Gasteiger partial charge in [-0.3, -0.25) is 4.79 Å². The Kier molecular flexibility index (Phi) is 4.01. The van der Waals surface area contributed by atoms with Gasteiger partial charge in [-0.15, -0.1) is 0 Å². The summed E-state index contributed by atoms with van der Waals surface area (Å²) in [4.78, 5) is 23.7. The van der Waals surface area contributed by atoms with Crippen LogP contribution in [-0.4, -0.2) is 24.6 Å².